The van der Waals surface area contributed by atoms with Gasteiger partial charge in [-0.1, -0.05) is 25.3 Å². The Morgan fingerprint density at radius 1 is 1.00 bits per heavy atom. The lowest BCUT2D eigenvalue weighted by molar-refractivity contribution is -0.137. The van der Waals surface area contributed by atoms with Crippen LogP contribution < -0.4 is 10.1 Å². The zero-order valence-electron chi connectivity index (χ0n) is 20.7. The summed E-state index contributed by atoms with van der Waals surface area (Å²) in [6, 6.07) is 7.64. The van der Waals surface area contributed by atoms with Crippen molar-refractivity contribution < 1.29 is 39.9 Å². The van der Waals surface area contributed by atoms with Crippen molar-refractivity contribution in [2.24, 2.45) is 0 Å². The van der Waals surface area contributed by atoms with Crippen molar-refractivity contribution in [3.63, 3.8) is 0 Å². The van der Waals surface area contributed by atoms with E-state index in [1.165, 1.54) is 48.5 Å². The van der Waals surface area contributed by atoms with Gasteiger partial charge in [-0.3, -0.25) is 0 Å². The maximum Gasteiger partial charge on any atom is 0.416 e. The minimum Gasteiger partial charge on any atom is -0.454 e. The first-order valence-corrected chi connectivity index (χ1v) is 11.1. The van der Waals surface area contributed by atoms with E-state index in [-0.39, 0.29) is 28.3 Å². The molecule has 0 saturated carbocycles. The number of halogens is 8. The van der Waals surface area contributed by atoms with Crippen LogP contribution in [0.5, 0.6) is 5.75 Å². The second kappa shape index (κ2) is 12.2. The molecule has 2 aromatic rings. The van der Waals surface area contributed by atoms with E-state index in [4.69, 9.17) is 0 Å². The van der Waals surface area contributed by atoms with Crippen molar-refractivity contribution in [1.82, 2.24) is 4.90 Å². The Labute approximate surface area is 215 Å². The molecule has 0 bridgehead atoms. The maximum atomic E-state index is 13.9. The molecule has 206 valence electrons. The molecule has 0 aliphatic heterocycles. The zero-order valence-corrected chi connectivity index (χ0v) is 20.7. The second-order valence-electron chi connectivity index (χ2n) is 8.27. The Morgan fingerprint density at radius 3 is 2.18 bits per heavy atom. The van der Waals surface area contributed by atoms with Crippen LogP contribution >= 0.6 is 0 Å². The molecule has 0 radical (unpaired) electrons. The molecule has 1 N–H and O–H groups in total. The lowest BCUT2D eigenvalue weighted by atomic mass is 9.98. The lowest BCUT2D eigenvalue weighted by Crippen LogP contribution is -2.19. The molecule has 0 saturated heterocycles. The third kappa shape index (κ3) is 8.39. The maximum absolute atomic E-state index is 13.9. The molecule has 0 amide bonds. The Morgan fingerprint density at radius 2 is 1.63 bits per heavy atom. The Balaban J connectivity index is 2.34. The van der Waals surface area contributed by atoms with Crippen LogP contribution in [0, 0.1) is 0 Å². The van der Waals surface area contributed by atoms with Gasteiger partial charge in [0.25, 0.3) is 12.3 Å². The van der Waals surface area contributed by atoms with Crippen LogP contribution in [-0.4, -0.2) is 17.7 Å². The SMILES string of the molecule is C=C(Nc1cccc(OC(F)C(F)F)c1)C(=C)N(/C=C\C)/C=C(\C)c1cc(C(C)(F)F)cc(C(F)(F)F)c1. The summed E-state index contributed by atoms with van der Waals surface area (Å²) in [4.78, 5) is 1.41. The smallest absolute Gasteiger partial charge is 0.416 e. The molecule has 2 aromatic carbocycles. The normalized spacial score (nSPS) is 13.5. The molecule has 11 heteroatoms. The molecule has 0 spiro atoms. The number of benzene rings is 2. The second-order valence-corrected chi connectivity index (χ2v) is 8.27. The molecule has 3 nitrogen and oxygen atoms in total. The summed E-state index contributed by atoms with van der Waals surface area (Å²) in [6.07, 6.45) is -6.49. The third-order valence-electron chi connectivity index (χ3n) is 5.10. The monoisotopic (exact) mass is 546 g/mol. The summed E-state index contributed by atoms with van der Waals surface area (Å²) in [6.45, 7) is 11.4. The van der Waals surface area contributed by atoms with Gasteiger partial charge in [0.05, 0.1) is 17.0 Å². The van der Waals surface area contributed by atoms with Crippen LogP contribution in [0.3, 0.4) is 0 Å². The Bertz CT molecular complexity index is 1180. The summed E-state index contributed by atoms with van der Waals surface area (Å²) in [5.74, 6) is -3.67. The van der Waals surface area contributed by atoms with Gasteiger partial charge in [0.1, 0.15) is 5.75 Å². The van der Waals surface area contributed by atoms with Gasteiger partial charge in [0.2, 0.25) is 0 Å². The summed E-state index contributed by atoms with van der Waals surface area (Å²) in [7, 11) is 0. The van der Waals surface area contributed by atoms with Gasteiger partial charge in [-0.15, -0.1) is 0 Å². The van der Waals surface area contributed by atoms with Crippen LogP contribution in [0.15, 0.2) is 85.5 Å². The number of alkyl halides is 8. The molecule has 0 aliphatic rings. The highest BCUT2D eigenvalue weighted by Gasteiger charge is 2.34. The van der Waals surface area contributed by atoms with Gasteiger partial charge in [-0.2, -0.15) is 17.6 Å². The van der Waals surface area contributed by atoms with Crippen LogP contribution in [0.1, 0.15) is 37.5 Å². The van der Waals surface area contributed by atoms with Crippen molar-refractivity contribution in [2.75, 3.05) is 5.32 Å². The minimum absolute atomic E-state index is 0.0816. The first-order chi connectivity index (χ1) is 17.5. The molecule has 1 atom stereocenters. The van der Waals surface area contributed by atoms with E-state index < -0.39 is 36.0 Å². The van der Waals surface area contributed by atoms with E-state index in [2.05, 4.69) is 23.2 Å². The number of ether oxygens (including phenoxy) is 1. The molecule has 0 heterocycles. The van der Waals surface area contributed by atoms with Crippen molar-refractivity contribution in [2.45, 2.75) is 45.7 Å². The van der Waals surface area contributed by atoms with Gasteiger partial charge < -0.3 is 15.0 Å². The van der Waals surface area contributed by atoms with E-state index in [9.17, 15) is 35.1 Å². The van der Waals surface area contributed by atoms with Gasteiger partial charge in [0.15, 0.2) is 0 Å². The molecular formula is C27H26F8N2O. The van der Waals surface area contributed by atoms with Crippen LogP contribution in [0.25, 0.3) is 5.57 Å². The highest BCUT2D eigenvalue weighted by atomic mass is 19.4. The van der Waals surface area contributed by atoms with Gasteiger partial charge in [-0.05, 0) is 55.3 Å². The van der Waals surface area contributed by atoms with Crippen molar-refractivity contribution in [3.8, 4) is 5.75 Å². The fraction of sp³-hybridized carbons (Fsp3) is 0.259. The summed E-state index contributed by atoms with van der Waals surface area (Å²) in [5.41, 5.74) is -1.19. The number of hydrogen-bond acceptors (Lipinski definition) is 3. The minimum atomic E-state index is -4.84. The third-order valence-corrected chi connectivity index (χ3v) is 5.10. The van der Waals surface area contributed by atoms with Crippen LogP contribution in [0.4, 0.5) is 40.8 Å². The predicted molar refractivity (Wildman–Crippen MR) is 131 cm³/mol. The fourth-order valence-corrected chi connectivity index (χ4v) is 3.16. The predicted octanol–water partition coefficient (Wildman–Crippen LogP) is 9.09. The van der Waals surface area contributed by atoms with E-state index >= 15 is 0 Å². The number of anilines is 1. The van der Waals surface area contributed by atoms with Gasteiger partial charge >= 0.3 is 12.6 Å². The highest BCUT2D eigenvalue weighted by Crippen LogP contribution is 2.37. The number of rotatable bonds is 11. The van der Waals surface area contributed by atoms with Crippen molar-refractivity contribution in [1.29, 1.82) is 0 Å². The largest absolute Gasteiger partial charge is 0.454 e. The van der Waals surface area contributed by atoms with E-state index in [0.29, 0.717) is 18.7 Å². The van der Waals surface area contributed by atoms with Gasteiger partial charge in [0, 0.05) is 36.6 Å². The molecule has 0 aromatic heterocycles. The van der Waals surface area contributed by atoms with Gasteiger partial charge in [-0.25, -0.2) is 17.6 Å². The highest BCUT2D eigenvalue weighted by molar-refractivity contribution is 5.66. The van der Waals surface area contributed by atoms with E-state index in [1.807, 2.05) is 0 Å². The first-order valence-electron chi connectivity index (χ1n) is 11.1. The fourth-order valence-electron chi connectivity index (χ4n) is 3.16. The van der Waals surface area contributed by atoms with E-state index in [0.717, 1.165) is 12.1 Å². The molecular weight excluding hydrogens is 520 g/mol. The standard InChI is InChI=1S/C27H26F8N2O/c1-6-10-37(15-16(2)19-11-20(26(5,31)32)13-21(12-19)27(33,34)35)18(4)17(3)36-22-8-7-9-23(14-22)38-25(30)24(28)29/h6-15,24-25,36H,3-4H2,1-2,5H3/b10-6-,16-15+. The average Bonchev–Trinajstić information content (AvgIpc) is 2.82. The van der Waals surface area contributed by atoms with E-state index in [1.54, 1.807) is 13.0 Å². The molecule has 38 heavy (non-hydrogen) atoms. The summed E-state index contributed by atoms with van der Waals surface area (Å²) in [5, 5.41) is 2.86. The topological polar surface area (TPSA) is 24.5 Å². The Hall–Kier alpha value is -3.76. The number of nitrogens with one attached hydrogen (secondary N) is 1. The molecule has 0 aliphatic carbocycles. The summed E-state index contributed by atoms with van der Waals surface area (Å²) < 4.78 is 111. The Kier molecular flexibility index (Phi) is 9.77. The number of allylic oxidation sites excluding steroid dienone is 2. The first kappa shape index (κ1) is 30.5. The van der Waals surface area contributed by atoms with Crippen molar-refractivity contribution in [3.05, 3.63) is 102 Å². The number of hydrogen-bond donors (Lipinski definition) is 1. The summed E-state index contributed by atoms with van der Waals surface area (Å²) >= 11 is 0. The molecule has 0 fully saturated rings. The lowest BCUT2D eigenvalue weighted by Gasteiger charge is -2.23. The molecule has 2 rings (SSSR count). The average molecular weight is 547 g/mol. The van der Waals surface area contributed by atoms with Crippen LogP contribution in [-0.2, 0) is 12.1 Å². The molecule has 1 unspecified atom stereocenters. The number of nitrogens with zero attached hydrogens (tertiary/aromatic N) is 1. The quantitative estimate of drug-likeness (QED) is 0.225. The van der Waals surface area contributed by atoms with Crippen molar-refractivity contribution >= 4 is 11.3 Å². The zero-order chi connectivity index (χ0) is 28.8. The van der Waals surface area contributed by atoms with Crippen LogP contribution in [0.2, 0.25) is 0 Å².